The number of hydrogen-bond donors (Lipinski definition) is 1. The van der Waals surface area contributed by atoms with Gasteiger partial charge in [0.05, 0.1) is 12.5 Å². The van der Waals surface area contributed by atoms with E-state index in [9.17, 15) is 14.4 Å². The lowest BCUT2D eigenvalue weighted by molar-refractivity contribution is -0.154. The number of anilines is 1. The number of Topliss-reactive ketones (excluding diaryl/α,β-unsaturated/α-hetero) is 1. The molecule has 0 radical (unpaired) electrons. The first-order valence-corrected chi connectivity index (χ1v) is 10.9. The summed E-state index contributed by atoms with van der Waals surface area (Å²) in [6.07, 6.45) is 2.78. The van der Waals surface area contributed by atoms with E-state index in [2.05, 4.69) is 5.32 Å². The Kier molecular flexibility index (Phi) is 6.35. The van der Waals surface area contributed by atoms with Gasteiger partial charge in [-0.25, -0.2) is 0 Å². The second kappa shape index (κ2) is 9.33. The Hall–Kier alpha value is -3.15. The van der Waals surface area contributed by atoms with Gasteiger partial charge in [-0.05, 0) is 62.3 Å². The van der Waals surface area contributed by atoms with E-state index in [1.165, 1.54) is 0 Å². The van der Waals surface area contributed by atoms with Crippen molar-refractivity contribution in [3.63, 3.8) is 0 Å². The predicted octanol–water partition coefficient (Wildman–Crippen LogP) is 4.11. The monoisotopic (exact) mass is 421 g/mol. The summed E-state index contributed by atoms with van der Waals surface area (Å²) in [5.74, 6) is -0.578. The van der Waals surface area contributed by atoms with E-state index in [-0.39, 0.29) is 30.1 Å². The van der Waals surface area contributed by atoms with E-state index in [1.54, 1.807) is 36.4 Å². The number of hydrogen-bond acceptors (Lipinski definition) is 5. The van der Waals surface area contributed by atoms with Gasteiger partial charge in [-0.2, -0.15) is 0 Å². The molecule has 2 bridgehead atoms. The molecular weight excluding hydrogens is 394 g/mol. The molecule has 162 valence electrons. The zero-order chi connectivity index (χ0) is 21.8. The van der Waals surface area contributed by atoms with Crippen LogP contribution in [-0.4, -0.2) is 30.9 Å². The van der Waals surface area contributed by atoms with Crippen LogP contribution in [0.4, 0.5) is 5.69 Å². The van der Waals surface area contributed by atoms with Gasteiger partial charge in [0.1, 0.15) is 5.75 Å². The van der Waals surface area contributed by atoms with Crippen molar-refractivity contribution in [2.24, 2.45) is 23.7 Å². The molecule has 6 nitrogen and oxygen atoms in total. The molecular formula is C25H27NO5. The first-order valence-electron chi connectivity index (χ1n) is 10.9. The Bertz CT molecular complexity index is 940. The molecule has 6 heteroatoms. The highest BCUT2D eigenvalue weighted by Crippen LogP contribution is 2.53. The van der Waals surface area contributed by atoms with Crippen molar-refractivity contribution in [2.75, 3.05) is 18.5 Å². The molecule has 2 saturated carbocycles. The fraction of sp³-hybridized carbons (Fsp3) is 0.400. The molecule has 2 aromatic rings. The normalized spacial score (nSPS) is 23.9. The zero-order valence-electron chi connectivity index (χ0n) is 17.6. The number of rotatable bonds is 8. The molecule has 0 aliphatic heterocycles. The zero-order valence-corrected chi connectivity index (χ0v) is 17.6. The van der Waals surface area contributed by atoms with Crippen molar-refractivity contribution in [3.05, 3.63) is 60.2 Å². The molecule has 1 amide bonds. The van der Waals surface area contributed by atoms with Crippen molar-refractivity contribution in [1.82, 2.24) is 0 Å². The third kappa shape index (κ3) is 4.63. The summed E-state index contributed by atoms with van der Waals surface area (Å²) >= 11 is 0. The van der Waals surface area contributed by atoms with Crippen LogP contribution >= 0.6 is 0 Å². The number of ketones is 1. The lowest BCUT2D eigenvalue weighted by atomic mass is 9.75. The average molecular weight is 421 g/mol. The highest BCUT2D eigenvalue weighted by molar-refractivity contribution is 6.01. The number of carbonyl (C=O) groups excluding carboxylic acids is 3. The van der Waals surface area contributed by atoms with Gasteiger partial charge < -0.3 is 14.8 Å². The van der Waals surface area contributed by atoms with Gasteiger partial charge in [-0.1, -0.05) is 30.3 Å². The summed E-state index contributed by atoms with van der Waals surface area (Å²) in [4.78, 5) is 38.2. The Morgan fingerprint density at radius 3 is 2.29 bits per heavy atom. The van der Waals surface area contributed by atoms with Crippen LogP contribution < -0.4 is 10.1 Å². The number of carbonyl (C=O) groups is 3. The lowest BCUT2D eigenvalue weighted by Gasteiger charge is -2.28. The Morgan fingerprint density at radius 1 is 0.935 bits per heavy atom. The fourth-order valence-electron chi connectivity index (χ4n) is 5.03. The van der Waals surface area contributed by atoms with Gasteiger partial charge in [-0.15, -0.1) is 0 Å². The van der Waals surface area contributed by atoms with Gasteiger partial charge in [0.25, 0.3) is 5.91 Å². The standard InChI is InChI=1S/C25H27NO5/c1-2-30-20-12-10-19(11-13-20)26-21(27)15-31-25(29)23-18-9-8-17(14-18)22(23)24(28)16-6-4-3-5-7-16/h3-7,10-13,17-18,22-23H,2,8-9,14-15H2,1H3,(H,26,27)/t17-,18-,22+,23-/m1/s1. The highest BCUT2D eigenvalue weighted by atomic mass is 16.5. The van der Waals surface area contributed by atoms with Crippen molar-refractivity contribution >= 4 is 23.3 Å². The van der Waals surface area contributed by atoms with E-state index in [4.69, 9.17) is 9.47 Å². The van der Waals surface area contributed by atoms with Crippen LogP contribution in [0.5, 0.6) is 5.75 Å². The Balaban J connectivity index is 1.35. The van der Waals surface area contributed by atoms with E-state index >= 15 is 0 Å². The SMILES string of the molecule is CCOc1ccc(NC(=O)COC(=O)[C@@H]2[C@@H]3CC[C@H](C3)[C@@H]2C(=O)c2ccccc2)cc1. The highest BCUT2D eigenvalue weighted by Gasteiger charge is 2.54. The molecule has 4 atom stereocenters. The summed E-state index contributed by atoms with van der Waals surface area (Å²) in [7, 11) is 0. The fourth-order valence-corrected chi connectivity index (χ4v) is 5.03. The smallest absolute Gasteiger partial charge is 0.310 e. The molecule has 0 unspecified atom stereocenters. The summed E-state index contributed by atoms with van der Waals surface area (Å²) in [6, 6.07) is 16.1. The average Bonchev–Trinajstić information content (AvgIpc) is 3.41. The van der Waals surface area contributed by atoms with Crippen LogP contribution in [0, 0.1) is 23.7 Å². The molecule has 2 aromatic carbocycles. The van der Waals surface area contributed by atoms with Gasteiger partial charge in [0.15, 0.2) is 12.4 Å². The third-order valence-corrected chi connectivity index (χ3v) is 6.34. The first kappa shape index (κ1) is 21.1. The first-order chi connectivity index (χ1) is 15.1. The molecule has 2 fully saturated rings. The number of nitrogens with one attached hydrogen (secondary N) is 1. The number of benzene rings is 2. The van der Waals surface area contributed by atoms with E-state index in [0.29, 0.717) is 17.9 Å². The Labute approximate surface area is 181 Å². The molecule has 31 heavy (non-hydrogen) atoms. The second-order valence-corrected chi connectivity index (χ2v) is 8.23. The topological polar surface area (TPSA) is 81.7 Å². The molecule has 4 rings (SSSR count). The molecule has 2 aliphatic carbocycles. The summed E-state index contributed by atoms with van der Waals surface area (Å²) in [6.45, 7) is 2.10. The van der Waals surface area contributed by atoms with E-state index in [0.717, 1.165) is 25.0 Å². The number of ether oxygens (including phenoxy) is 2. The van der Waals surface area contributed by atoms with Crippen molar-refractivity contribution < 1.29 is 23.9 Å². The largest absolute Gasteiger partial charge is 0.494 e. The molecule has 0 aromatic heterocycles. The molecule has 0 spiro atoms. The van der Waals surface area contributed by atoms with Crippen LogP contribution in [-0.2, 0) is 14.3 Å². The quantitative estimate of drug-likeness (QED) is 0.512. The van der Waals surface area contributed by atoms with Gasteiger partial charge >= 0.3 is 5.97 Å². The lowest BCUT2D eigenvalue weighted by Crippen LogP contribution is -2.37. The molecule has 0 heterocycles. The maximum atomic E-state index is 13.1. The predicted molar refractivity (Wildman–Crippen MR) is 116 cm³/mol. The van der Waals surface area contributed by atoms with Crippen LogP contribution in [0.2, 0.25) is 0 Å². The minimum absolute atomic E-state index is 0.00795. The summed E-state index contributed by atoms with van der Waals surface area (Å²) < 4.78 is 10.7. The van der Waals surface area contributed by atoms with Gasteiger partial charge in [0.2, 0.25) is 0 Å². The molecule has 1 N–H and O–H groups in total. The van der Waals surface area contributed by atoms with Crippen LogP contribution in [0.1, 0.15) is 36.5 Å². The van der Waals surface area contributed by atoms with Crippen molar-refractivity contribution in [3.8, 4) is 5.75 Å². The number of esters is 1. The maximum Gasteiger partial charge on any atom is 0.310 e. The maximum absolute atomic E-state index is 13.1. The molecule has 2 aliphatic rings. The van der Waals surface area contributed by atoms with Crippen LogP contribution in [0.25, 0.3) is 0 Å². The van der Waals surface area contributed by atoms with Crippen LogP contribution in [0.3, 0.4) is 0 Å². The summed E-state index contributed by atoms with van der Waals surface area (Å²) in [5.41, 5.74) is 1.23. The second-order valence-electron chi connectivity index (χ2n) is 8.23. The minimum atomic E-state index is -0.468. The number of fused-ring (bicyclic) bond motifs is 2. The minimum Gasteiger partial charge on any atom is -0.494 e. The number of amides is 1. The van der Waals surface area contributed by atoms with Gasteiger partial charge in [-0.3, -0.25) is 14.4 Å². The van der Waals surface area contributed by atoms with Crippen LogP contribution in [0.15, 0.2) is 54.6 Å². The van der Waals surface area contributed by atoms with Crippen molar-refractivity contribution in [1.29, 1.82) is 0 Å². The summed E-state index contributed by atoms with van der Waals surface area (Å²) in [5, 5.41) is 2.71. The third-order valence-electron chi connectivity index (χ3n) is 6.34. The van der Waals surface area contributed by atoms with E-state index < -0.39 is 17.8 Å². The molecule has 0 saturated heterocycles. The van der Waals surface area contributed by atoms with Crippen molar-refractivity contribution in [2.45, 2.75) is 26.2 Å². The Morgan fingerprint density at radius 2 is 1.61 bits per heavy atom. The van der Waals surface area contributed by atoms with E-state index in [1.807, 2.05) is 25.1 Å². The van der Waals surface area contributed by atoms with Gasteiger partial charge in [0, 0.05) is 17.2 Å².